The number of hydrogen-bond donors (Lipinski definition) is 2. The average molecular weight is 370 g/mol. The molecule has 0 aliphatic rings. The van der Waals surface area contributed by atoms with Gasteiger partial charge in [-0.2, -0.15) is 0 Å². The van der Waals surface area contributed by atoms with E-state index in [1.54, 1.807) is 12.3 Å². The van der Waals surface area contributed by atoms with Crippen molar-refractivity contribution in [3.05, 3.63) is 52.0 Å². The van der Waals surface area contributed by atoms with Gasteiger partial charge in [0.1, 0.15) is 11.8 Å². The Kier molecular flexibility index (Phi) is 4.84. The number of amides is 1. The molecule has 1 aromatic heterocycles. The summed E-state index contributed by atoms with van der Waals surface area (Å²) in [4.78, 5) is 11.9. The van der Waals surface area contributed by atoms with Crippen LogP contribution in [0.3, 0.4) is 0 Å². The maximum atomic E-state index is 11.9. The molecule has 0 spiro atoms. The molecule has 0 aliphatic carbocycles. The van der Waals surface area contributed by atoms with Gasteiger partial charge in [0.15, 0.2) is 0 Å². The van der Waals surface area contributed by atoms with Crippen LogP contribution in [0, 0.1) is 3.57 Å². The first kappa shape index (κ1) is 13.9. The quantitative estimate of drug-likeness (QED) is 0.796. The van der Waals surface area contributed by atoms with Crippen LogP contribution >= 0.6 is 22.6 Å². The molecule has 19 heavy (non-hydrogen) atoms. The number of carbonyl (C=O) groups is 1. The number of hydrogen-bond acceptors (Lipinski definition) is 3. The minimum atomic E-state index is -0.300. The van der Waals surface area contributed by atoms with Crippen molar-refractivity contribution in [3.8, 4) is 0 Å². The summed E-state index contributed by atoms with van der Waals surface area (Å²) >= 11 is 2.24. The summed E-state index contributed by atoms with van der Waals surface area (Å²) in [6.07, 6.45) is 1.59. The molecule has 1 heterocycles. The van der Waals surface area contributed by atoms with Gasteiger partial charge in [-0.15, -0.1) is 0 Å². The molecule has 100 valence electrons. The van der Waals surface area contributed by atoms with Gasteiger partial charge in [0.25, 0.3) is 0 Å². The van der Waals surface area contributed by atoms with Crippen molar-refractivity contribution < 1.29 is 9.21 Å². The van der Waals surface area contributed by atoms with Crippen LogP contribution in [0.15, 0.2) is 47.1 Å². The van der Waals surface area contributed by atoms with E-state index >= 15 is 0 Å². The van der Waals surface area contributed by atoms with Crippen LogP contribution in [0.1, 0.15) is 12.7 Å². The van der Waals surface area contributed by atoms with E-state index in [4.69, 9.17) is 4.42 Å². The summed E-state index contributed by atoms with van der Waals surface area (Å²) in [5.74, 6) is 0.686. The molecule has 1 unspecified atom stereocenters. The number of furan rings is 1. The van der Waals surface area contributed by atoms with Crippen molar-refractivity contribution in [1.29, 1.82) is 0 Å². The highest BCUT2D eigenvalue weighted by molar-refractivity contribution is 14.1. The van der Waals surface area contributed by atoms with Crippen LogP contribution in [0.25, 0.3) is 0 Å². The van der Waals surface area contributed by atoms with Gasteiger partial charge in [-0.25, -0.2) is 0 Å². The Balaban J connectivity index is 1.87. The highest BCUT2D eigenvalue weighted by atomic mass is 127. The third-order valence-corrected chi connectivity index (χ3v) is 3.60. The van der Waals surface area contributed by atoms with Crippen LogP contribution in [0.4, 0.5) is 5.69 Å². The minimum absolute atomic E-state index is 0.0592. The second kappa shape index (κ2) is 6.60. The molecule has 2 N–H and O–H groups in total. The summed E-state index contributed by atoms with van der Waals surface area (Å²) in [7, 11) is 0. The van der Waals surface area contributed by atoms with E-state index in [9.17, 15) is 4.79 Å². The normalized spacial score (nSPS) is 11.9. The van der Waals surface area contributed by atoms with Crippen LogP contribution < -0.4 is 10.6 Å². The molecule has 0 saturated heterocycles. The number of anilines is 1. The molecule has 1 atom stereocenters. The van der Waals surface area contributed by atoms with Crippen molar-refractivity contribution in [2.45, 2.75) is 19.5 Å². The first-order valence-electron chi connectivity index (χ1n) is 5.98. The van der Waals surface area contributed by atoms with E-state index in [0.29, 0.717) is 6.54 Å². The SMILES string of the molecule is CC(Nc1ccccc1I)C(=O)NCc1ccco1. The van der Waals surface area contributed by atoms with Crippen LogP contribution in [0.2, 0.25) is 0 Å². The zero-order valence-corrected chi connectivity index (χ0v) is 12.7. The Morgan fingerprint density at radius 1 is 1.32 bits per heavy atom. The fourth-order valence-electron chi connectivity index (χ4n) is 1.62. The third kappa shape index (κ3) is 3.99. The number of rotatable bonds is 5. The predicted octanol–water partition coefficient (Wildman–Crippen LogP) is 3.00. The predicted molar refractivity (Wildman–Crippen MR) is 82.8 cm³/mol. The second-order valence-corrected chi connectivity index (χ2v) is 5.31. The van der Waals surface area contributed by atoms with Crippen molar-refractivity contribution in [1.82, 2.24) is 5.32 Å². The first-order chi connectivity index (χ1) is 9.16. The van der Waals surface area contributed by atoms with Crippen molar-refractivity contribution in [3.63, 3.8) is 0 Å². The van der Waals surface area contributed by atoms with Gasteiger partial charge in [0.2, 0.25) is 5.91 Å². The largest absolute Gasteiger partial charge is 0.467 e. The molecule has 2 aromatic rings. The van der Waals surface area contributed by atoms with Gasteiger partial charge in [-0.1, -0.05) is 12.1 Å². The van der Waals surface area contributed by atoms with Crippen molar-refractivity contribution in [2.24, 2.45) is 0 Å². The molecule has 0 bridgehead atoms. The summed E-state index contributed by atoms with van der Waals surface area (Å²) in [6.45, 7) is 2.24. The van der Waals surface area contributed by atoms with Gasteiger partial charge in [0, 0.05) is 9.26 Å². The van der Waals surface area contributed by atoms with Crippen LogP contribution in [-0.2, 0) is 11.3 Å². The molecule has 5 heteroatoms. The van der Waals surface area contributed by atoms with E-state index in [1.165, 1.54) is 0 Å². The maximum Gasteiger partial charge on any atom is 0.242 e. The highest BCUT2D eigenvalue weighted by Gasteiger charge is 2.13. The monoisotopic (exact) mass is 370 g/mol. The van der Waals surface area contributed by atoms with Crippen molar-refractivity contribution >= 4 is 34.2 Å². The lowest BCUT2D eigenvalue weighted by molar-refractivity contribution is -0.121. The lowest BCUT2D eigenvalue weighted by atomic mass is 10.2. The molecule has 4 nitrogen and oxygen atoms in total. The van der Waals surface area contributed by atoms with Crippen LogP contribution in [-0.4, -0.2) is 11.9 Å². The fourth-order valence-corrected chi connectivity index (χ4v) is 2.16. The second-order valence-electron chi connectivity index (χ2n) is 4.14. The summed E-state index contributed by atoms with van der Waals surface area (Å²) in [5.41, 5.74) is 0.962. The van der Waals surface area contributed by atoms with E-state index in [2.05, 4.69) is 33.2 Å². The van der Waals surface area contributed by atoms with E-state index in [0.717, 1.165) is 15.0 Å². The minimum Gasteiger partial charge on any atom is -0.467 e. The lowest BCUT2D eigenvalue weighted by Gasteiger charge is -2.15. The van der Waals surface area contributed by atoms with Gasteiger partial charge in [0.05, 0.1) is 12.8 Å². The molecular weight excluding hydrogens is 355 g/mol. The Hall–Kier alpha value is -1.50. The number of para-hydroxylation sites is 1. The van der Waals surface area contributed by atoms with Gasteiger partial charge < -0.3 is 15.1 Å². The average Bonchev–Trinajstić information content (AvgIpc) is 2.91. The molecule has 0 fully saturated rings. The molecule has 1 aromatic carbocycles. The molecule has 0 aliphatic heterocycles. The molecular formula is C14H15IN2O2. The number of halogens is 1. The Morgan fingerprint density at radius 2 is 2.11 bits per heavy atom. The summed E-state index contributed by atoms with van der Waals surface area (Å²) in [6, 6.07) is 11.2. The van der Waals surface area contributed by atoms with Gasteiger partial charge >= 0.3 is 0 Å². The molecule has 0 saturated carbocycles. The van der Waals surface area contributed by atoms with E-state index < -0.39 is 0 Å². The smallest absolute Gasteiger partial charge is 0.242 e. The molecule has 0 radical (unpaired) electrons. The topological polar surface area (TPSA) is 54.3 Å². The summed E-state index contributed by atoms with van der Waals surface area (Å²) in [5, 5.41) is 6.02. The number of carbonyl (C=O) groups excluding carboxylic acids is 1. The van der Waals surface area contributed by atoms with E-state index in [1.807, 2.05) is 37.3 Å². The Labute approximate surface area is 125 Å². The highest BCUT2D eigenvalue weighted by Crippen LogP contribution is 2.17. The fraction of sp³-hybridized carbons (Fsp3) is 0.214. The third-order valence-electron chi connectivity index (χ3n) is 2.66. The zero-order valence-electron chi connectivity index (χ0n) is 10.5. The Bertz CT molecular complexity index is 540. The van der Waals surface area contributed by atoms with Crippen molar-refractivity contribution in [2.75, 3.05) is 5.32 Å². The van der Waals surface area contributed by atoms with E-state index in [-0.39, 0.29) is 11.9 Å². The first-order valence-corrected chi connectivity index (χ1v) is 7.06. The standard InChI is InChI=1S/C14H15IN2O2/c1-10(17-13-7-3-2-6-12(13)15)14(18)16-9-11-5-4-8-19-11/h2-8,10,17H,9H2,1H3,(H,16,18). The Morgan fingerprint density at radius 3 is 2.79 bits per heavy atom. The number of benzene rings is 1. The maximum absolute atomic E-state index is 11.9. The molecule has 1 amide bonds. The van der Waals surface area contributed by atoms with Gasteiger partial charge in [-0.3, -0.25) is 4.79 Å². The lowest BCUT2D eigenvalue weighted by Crippen LogP contribution is -2.37. The summed E-state index contributed by atoms with van der Waals surface area (Å²) < 4.78 is 6.25. The van der Waals surface area contributed by atoms with Crippen LogP contribution in [0.5, 0.6) is 0 Å². The number of nitrogens with one attached hydrogen (secondary N) is 2. The van der Waals surface area contributed by atoms with Gasteiger partial charge in [-0.05, 0) is 53.8 Å². The molecule has 2 rings (SSSR count). The zero-order chi connectivity index (χ0) is 13.7.